The summed E-state index contributed by atoms with van der Waals surface area (Å²) in [5, 5.41) is 0. The first-order valence-electron chi connectivity index (χ1n) is 4.66. The molecule has 1 unspecified atom stereocenters. The first kappa shape index (κ1) is 11.7. The Kier molecular flexibility index (Phi) is 4.11. The van der Waals surface area contributed by atoms with Crippen LogP contribution < -0.4 is 0 Å². The van der Waals surface area contributed by atoms with Crippen molar-refractivity contribution in [3.05, 3.63) is 0 Å². The van der Waals surface area contributed by atoms with Gasteiger partial charge in [-0.25, -0.2) is 0 Å². The molecule has 0 aromatic carbocycles. The van der Waals surface area contributed by atoms with Crippen LogP contribution in [0.25, 0.3) is 0 Å². The van der Waals surface area contributed by atoms with E-state index in [1.54, 1.807) is 13.8 Å². The zero-order valence-electron chi connectivity index (χ0n) is 8.39. The molecule has 0 aromatic heterocycles. The highest BCUT2D eigenvalue weighted by atomic mass is 31.2. The van der Waals surface area contributed by atoms with Crippen molar-refractivity contribution >= 4 is 13.6 Å². The number of cyclic esters (lactones) is 1. The molecular weight excluding hydrogens is 207 g/mol. The monoisotopic (exact) mass is 222 g/mol. The van der Waals surface area contributed by atoms with E-state index in [2.05, 4.69) is 0 Å². The van der Waals surface area contributed by atoms with Gasteiger partial charge < -0.3 is 13.8 Å². The Bertz CT molecular complexity index is 242. The van der Waals surface area contributed by atoms with E-state index in [1.165, 1.54) is 0 Å². The van der Waals surface area contributed by atoms with E-state index in [0.717, 1.165) is 0 Å². The fraction of sp³-hybridized carbons (Fsp3) is 0.875. The van der Waals surface area contributed by atoms with Crippen molar-refractivity contribution in [1.82, 2.24) is 0 Å². The molecule has 0 spiro atoms. The van der Waals surface area contributed by atoms with Crippen LogP contribution in [0.2, 0.25) is 0 Å². The average molecular weight is 222 g/mol. The lowest BCUT2D eigenvalue weighted by Gasteiger charge is -2.20. The minimum absolute atomic E-state index is 0.122. The minimum Gasteiger partial charge on any atom is -0.465 e. The van der Waals surface area contributed by atoms with Gasteiger partial charge in [0.25, 0.3) is 0 Å². The first-order valence-corrected chi connectivity index (χ1v) is 6.28. The molecule has 6 heteroatoms. The summed E-state index contributed by atoms with van der Waals surface area (Å²) in [6.07, 6.45) is 0.122. The fourth-order valence-electron chi connectivity index (χ4n) is 1.31. The van der Waals surface area contributed by atoms with Gasteiger partial charge in [0.1, 0.15) is 12.3 Å². The molecule has 1 heterocycles. The molecule has 0 N–H and O–H groups in total. The minimum atomic E-state index is -3.15. The number of carbonyl (C=O) groups is 1. The number of rotatable bonds is 5. The van der Waals surface area contributed by atoms with Crippen molar-refractivity contribution in [3.8, 4) is 0 Å². The summed E-state index contributed by atoms with van der Waals surface area (Å²) < 4.78 is 27.0. The van der Waals surface area contributed by atoms with Gasteiger partial charge in [-0.2, -0.15) is 0 Å². The third-order valence-electron chi connectivity index (χ3n) is 1.90. The molecular formula is C8H15O5P. The summed E-state index contributed by atoms with van der Waals surface area (Å²) >= 11 is 0. The number of ether oxygens (including phenoxy) is 1. The third kappa shape index (κ3) is 2.56. The van der Waals surface area contributed by atoms with Gasteiger partial charge >= 0.3 is 13.6 Å². The quantitative estimate of drug-likeness (QED) is 0.522. The Morgan fingerprint density at radius 1 is 1.43 bits per heavy atom. The second-order valence-corrected chi connectivity index (χ2v) is 5.24. The van der Waals surface area contributed by atoms with Gasteiger partial charge in [-0.15, -0.1) is 0 Å². The number of hydrogen-bond acceptors (Lipinski definition) is 5. The standard InChI is InChI=1S/C8H15O5P/c1-3-12-14(10,13-4-2)7-5-8(9)11-6-7/h7H,3-6H2,1-2H3. The maximum Gasteiger partial charge on any atom is 0.337 e. The van der Waals surface area contributed by atoms with Gasteiger partial charge in [-0.1, -0.05) is 0 Å². The average Bonchev–Trinajstić information content (AvgIpc) is 2.53. The van der Waals surface area contributed by atoms with Crippen molar-refractivity contribution < 1.29 is 23.1 Å². The maximum atomic E-state index is 12.1. The molecule has 0 amide bonds. The molecule has 0 aliphatic carbocycles. The van der Waals surface area contributed by atoms with Gasteiger partial charge in [0.05, 0.1) is 19.6 Å². The summed E-state index contributed by atoms with van der Waals surface area (Å²) in [6, 6.07) is 0. The predicted molar refractivity (Wildman–Crippen MR) is 50.2 cm³/mol. The summed E-state index contributed by atoms with van der Waals surface area (Å²) in [6.45, 7) is 4.23. The lowest BCUT2D eigenvalue weighted by Crippen LogP contribution is -2.13. The fourth-order valence-corrected chi connectivity index (χ4v) is 3.16. The van der Waals surface area contributed by atoms with Gasteiger partial charge in [-0.05, 0) is 13.8 Å². The Balaban J connectivity index is 2.66. The highest BCUT2D eigenvalue weighted by Gasteiger charge is 2.41. The molecule has 0 aromatic rings. The summed E-state index contributed by atoms with van der Waals surface area (Å²) in [4.78, 5) is 10.9. The topological polar surface area (TPSA) is 61.8 Å². The molecule has 0 bridgehead atoms. The van der Waals surface area contributed by atoms with Crippen molar-refractivity contribution in [2.24, 2.45) is 0 Å². The third-order valence-corrected chi connectivity index (χ3v) is 4.37. The van der Waals surface area contributed by atoms with Crippen LogP contribution in [0.4, 0.5) is 0 Å². The number of carbonyl (C=O) groups excluding carboxylic acids is 1. The van der Waals surface area contributed by atoms with Gasteiger partial charge in [0, 0.05) is 0 Å². The van der Waals surface area contributed by atoms with Crippen LogP contribution in [-0.4, -0.2) is 31.4 Å². The van der Waals surface area contributed by atoms with E-state index in [0.29, 0.717) is 13.2 Å². The van der Waals surface area contributed by atoms with Gasteiger partial charge in [0.2, 0.25) is 0 Å². The molecule has 1 aliphatic heterocycles. The normalized spacial score (nSPS) is 22.4. The Morgan fingerprint density at radius 2 is 2.00 bits per heavy atom. The summed E-state index contributed by atoms with van der Waals surface area (Å²) in [5.74, 6) is -0.338. The van der Waals surface area contributed by atoms with E-state index in [-0.39, 0.29) is 19.0 Å². The molecule has 1 rings (SSSR count). The van der Waals surface area contributed by atoms with Crippen LogP contribution in [0.3, 0.4) is 0 Å². The maximum absolute atomic E-state index is 12.1. The predicted octanol–water partition coefficient (Wildman–Crippen LogP) is 1.57. The molecule has 1 aliphatic rings. The molecule has 5 nitrogen and oxygen atoms in total. The van der Waals surface area contributed by atoms with Crippen molar-refractivity contribution in [2.45, 2.75) is 25.9 Å². The van der Waals surface area contributed by atoms with E-state index in [4.69, 9.17) is 13.8 Å². The lowest BCUT2D eigenvalue weighted by atomic mass is 10.4. The Hall–Kier alpha value is -0.380. The van der Waals surface area contributed by atoms with Crippen LogP contribution in [0.5, 0.6) is 0 Å². The Labute approximate surface area is 83.3 Å². The van der Waals surface area contributed by atoms with Crippen LogP contribution in [-0.2, 0) is 23.1 Å². The molecule has 14 heavy (non-hydrogen) atoms. The SMILES string of the molecule is CCOP(=O)(OCC)C1COC(=O)C1. The summed E-state index contributed by atoms with van der Waals surface area (Å²) in [7, 11) is -3.15. The van der Waals surface area contributed by atoms with Gasteiger partial charge in [-0.3, -0.25) is 9.36 Å². The molecule has 1 saturated heterocycles. The first-order chi connectivity index (χ1) is 6.62. The van der Waals surface area contributed by atoms with Crippen LogP contribution in [0.15, 0.2) is 0 Å². The number of hydrogen-bond donors (Lipinski definition) is 0. The summed E-state index contributed by atoms with van der Waals surface area (Å²) in [5.41, 5.74) is -0.435. The largest absolute Gasteiger partial charge is 0.465 e. The lowest BCUT2D eigenvalue weighted by molar-refractivity contribution is -0.137. The Morgan fingerprint density at radius 3 is 2.36 bits per heavy atom. The van der Waals surface area contributed by atoms with E-state index >= 15 is 0 Å². The highest BCUT2D eigenvalue weighted by molar-refractivity contribution is 7.54. The van der Waals surface area contributed by atoms with Gasteiger partial charge in [0.15, 0.2) is 0 Å². The van der Waals surface area contributed by atoms with E-state index in [1.807, 2.05) is 0 Å². The van der Waals surface area contributed by atoms with Crippen LogP contribution >= 0.6 is 7.60 Å². The van der Waals surface area contributed by atoms with E-state index < -0.39 is 13.3 Å². The van der Waals surface area contributed by atoms with E-state index in [9.17, 15) is 9.36 Å². The van der Waals surface area contributed by atoms with Crippen LogP contribution in [0, 0.1) is 0 Å². The molecule has 0 radical (unpaired) electrons. The molecule has 0 saturated carbocycles. The molecule has 1 atom stereocenters. The molecule has 82 valence electrons. The van der Waals surface area contributed by atoms with Crippen molar-refractivity contribution in [3.63, 3.8) is 0 Å². The smallest absolute Gasteiger partial charge is 0.337 e. The number of esters is 1. The van der Waals surface area contributed by atoms with Crippen molar-refractivity contribution in [2.75, 3.05) is 19.8 Å². The highest BCUT2D eigenvalue weighted by Crippen LogP contribution is 2.55. The van der Waals surface area contributed by atoms with Crippen molar-refractivity contribution in [1.29, 1.82) is 0 Å². The second kappa shape index (κ2) is 4.91. The zero-order chi connectivity index (χ0) is 10.6. The molecule has 1 fully saturated rings. The zero-order valence-corrected chi connectivity index (χ0v) is 9.29. The van der Waals surface area contributed by atoms with Crippen LogP contribution in [0.1, 0.15) is 20.3 Å². The second-order valence-electron chi connectivity index (χ2n) is 2.92.